The zero-order chi connectivity index (χ0) is 5.54. The van der Waals surface area contributed by atoms with Crippen molar-refractivity contribution in [2.24, 2.45) is 0 Å². The van der Waals surface area contributed by atoms with Crippen molar-refractivity contribution in [2.75, 3.05) is 21.2 Å². The fourth-order valence-corrected chi connectivity index (χ4v) is 7.26. The topological polar surface area (TPSA) is 0 Å². The molecule has 0 saturated heterocycles. The Hall–Kier alpha value is 1.32. The van der Waals surface area contributed by atoms with Gasteiger partial charge in [0.1, 0.15) is 0 Å². The molecule has 0 unspecified atom stereocenters. The molecule has 0 aliphatic rings. The molecule has 0 bridgehead atoms. The summed E-state index contributed by atoms with van der Waals surface area (Å²) < 4.78 is 3.02. The molecule has 0 aliphatic heterocycles. The van der Waals surface area contributed by atoms with Crippen LogP contribution >= 0.6 is 23.5 Å². The van der Waals surface area contributed by atoms with Crippen molar-refractivity contribution in [2.45, 2.75) is 0 Å². The molecular weight excluding hydrogens is 178 g/mol. The van der Waals surface area contributed by atoms with Crippen molar-refractivity contribution in [1.82, 2.24) is 0 Å². The number of thioether (sulfide) groups is 2. The second-order valence-corrected chi connectivity index (χ2v) is 9.93. The molecule has 0 nitrogen and oxygen atoms in total. The van der Waals surface area contributed by atoms with Gasteiger partial charge in [-0.3, -0.25) is 0 Å². The molecule has 0 spiro atoms. The monoisotopic (exact) mass is 186 g/mol. The second-order valence-electron chi connectivity index (χ2n) is 1.34. The molecule has 0 atom stereocenters. The first-order valence-electron chi connectivity index (χ1n) is 2.39. The van der Waals surface area contributed by atoms with Crippen molar-refractivity contribution >= 4 is 23.5 Å². The van der Waals surface area contributed by atoms with Gasteiger partial charge in [-0.1, -0.05) is 0 Å². The van der Waals surface area contributed by atoms with E-state index < -0.39 is 0 Å². The maximum absolute atomic E-state index is 2.20. The predicted octanol–water partition coefficient (Wildman–Crippen LogP) is 1.71. The van der Waals surface area contributed by atoms with Gasteiger partial charge < -0.3 is 0 Å². The summed E-state index contributed by atoms with van der Waals surface area (Å²) in [4.78, 5) is 0. The summed E-state index contributed by atoms with van der Waals surface area (Å²) in [5.41, 5.74) is 0. The van der Waals surface area contributed by atoms with Crippen LogP contribution in [0, 0.1) is 0 Å². The quantitative estimate of drug-likeness (QED) is 0.486. The van der Waals surface area contributed by atoms with Crippen LogP contribution in [0.5, 0.6) is 0 Å². The number of hydrogen-bond acceptors (Lipinski definition) is 2. The molecule has 0 aromatic carbocycles. The molecule has 0 fully saturated rings. The van der Waals surface area contributed by atoms with E-state index >= 15 is 0 Å². The Balaban J connectivity index is 2.45. The summed E-state index contributed by atoms with van der Waals surface area (Å²) in [6, 6.07) is 0. The van der Waals surface area contributed by atoms with E-state index in [1.165, 1.54) is 8.69 Å². The van der Waals surface area contributed by atoms with Crippen LogP contribution < -0.4 is 0 Å². The van der Waals surface area contributed by atoms with E-state index in [2.05, 4.69) is 12.5 Å². The van der Waals surface area contributed by atoms with Gasteiger partial charge in [0.05, 0.1) is 0 Å². The van der Waals surface area contributed by atoms with Crippen LogP contribution in [0.1, 0.15) is 0 Å². The zero-order valence-corrected chi connectivity index (χ0v) is 9.54. The molecule has 0 N–H and O–H groups in total. The average Bonchev–Trinajstić information content (AvgIpc) is 1.69. The predicted molar refractivity (Wildman–Crippen MR) is 36.8 cm³/mol. The maximum atomic E-state index is 2.20. The van der Waals surface area contributed by atoms with E-state index in [0.717, 1.165) is 0 Å². The first kappa shape index (κ1) is 8.32. The number of hydrogen-bond donors (Lipinski definition) is 0. The fourth-order valence-electron chi connectivity index (χ4n) is 0.348. The molecule has 0 rings (SSSR count). The van der Waals surface area contributed by atoms with E-state index in [1.54, 1.807) is 0 Å². The van der Waals surface area contributed by atoms with Gasteiger partial charge in [0, 0.05) is 0 Å². The first-order valence-corrected chi connectivity index (χ1v) is 9.38. The summed E-state index contributed by atoms with van der Waals surface area (Å²) in [5.74, 6) is 0. The van der Waals surface area contributed by atoms with Gasteiger partial charge in [0.2, 0.25) is 0 Å². The van der Waals surface area contributed by atoms with E-state index in [9.17, 15) is 0 Å². The van der Waals surface area contributed by atoms with Crippen LogP contribution in [0.15, 0.2) is 0 Å². The van der Waals surface area contributed by atoms with Crippen LogP contribution in [0.25, 0.3) is 0 Å². The fraction of sp³-hybridized carbons (Fsp3) is 1.00. The standard InChI is InChI=1S/2C2H5S.Zn/c2*1-3-2;/h2*1H2,2H3;. The molecule has 7 heavy (non-hydrogen) atoms. The van der Waals surface area contributed by atoms with Gasteiger partial charge >= 0.3 is 61.9 Å². The molecule has 40 valence electrons. The van der Waals surface area contributed by atoms with Crippen LogP contribution in [-0.2, 0) is 17.1 Å². The van der Waals surface area contributed by atoms with Gasteiger partial charge in [-0.15, -0.1) is 0 Å². The first-order chi connectivity index (χ1) is 3.41. The Morgan fingerprint density at radius 3 is 1.86 bits per heavy atom. The minimum atomic E-state index is -0.0220. The second kappa shape index (κ2) is 7.32. The summed E-state index contributed by atoms with van der Waals surface area (Å²) >= 11 is 4.00. The molecule has 0 heterocycles. The third kappa shape index (κ3) is 7.32. The van der Waals surface area contributed by atoms with Crippen molar-refractivity contribution in [1.29, 1.82) is 0 Å². The Bertz CT molecular complexity index is 28.9. The van der Waals surface area contributed by atoms with Crippen molar-refractivity contribution in [3.8, 4) is 0 Å². The van der Waals surface area contributed by atoms with Crippen LogP contribution in [0.2, 0.25) is 0 Å². The Kier molecular flexibility index (Phi) is 8.71. The number of rotatable bonds is 4. The minimum absolute atomic E-state index is 0.0220. The molecule has 0 radical (unpaired) electrons. The van der Waals surface area contributed by atoms with Gasteiger partial charge in [0.15, 0.2) is 0 Å². The summed E-state index contributed by atoms with van der Waals surface area (Å²) in [7, 11) is 0. The summed E-state index contributed by atoms with van der Waals surface area (Å²) in [6.45, 7) is 0. The van der Waals surface area contributed by atoms with Gasteiger partial charge in [-0.25, -0.2) is 0 Å². The van der Waals surface area contributed by atoms with Crippen molar-refractivity contribution in [3.05, 3.63) is 0 Å². The molecule has 0 aromatic rings. The van der Waals surface area contributed by atoms with Crippen LogP contribution in [0.4, 0.5) is 0 Å². The third-order valence-corrected chi connectivity index (χ3v) is 10.9. The SMILES string of the molecule is CS[CH2][Zn][CH2]SC. The Morgan fingerprint density at radius 2 is 1.57 bits per heavy atom. The Morgan fingerprint density at radius 1 is 1.14 bits per heavy atom. The van der Waals surface area contributed by atoms with E-state index in [4.69, 9.17) is 0 Å². The van der Waals surface area contributed by atoms with Crippen LogP contribution in [0.3, 0.4) is 0 Å². The molecule has 0 aromatic heterocycles. The molecule has 0 amide bonds. The molecule has 0 saturated carbocycles. The van der Waals surface area contributed by atoms with Gasteiger partial charge in [0.25, 0.3) is 0 Å². The molecular formula is C4H10S2Zn. The molecule has 0 aliphatic carbocycles. The van der Waals surface area contributed by atoms with E-state index in [0.29, 0.717) is 0 Å². The van der Waals surface area contributed by atoms with Crippen LogP contribution in [-0.4, -0.2) is 21.2 Å². The summed E-state index contributed by atoms with van der Waals surface area (Å²) in [5, 5.41) is 0. The van der Waals surface area contributed by atoms with Crippen molar-refractivity contribution in [3.63, 3.8) is 0 Å². The molecule has 3 heteroatoms. The van der Waals surface area contributed by atoms with Gasteiger partial charge in [-0.05, 0) is 0 Å². The van der Waals surface area contributed by atoms with Gasteiger partial charge in [-0.2, -0.15) is 0 Å². The van der Waals surface area contributed by atoms with E-state index in [-0.39, 0.29) is 17.1 Å². The van der Waals surface area contributed by atoms with E-state index in [1.807, 2.05) is 23.5 Å². The Labute approximate surface area is 61.8 Å². The summed E-state index contributed by atoms with van der Waals surface area (Å²) in [6.07, 6.45) is 4.40. The average molecular weight is 188 g/mol. The zero-order valence-electron chi connectivity index (χ0n) is 4.94. The normalized spacial score (nSPS) is 8.29. The van der Waals surface area contributed by atoms with Crippen molar-refractivity contribution < 1.29 is 17.1 Å². The third-order valence-electron chi connectivity index (χ3n) is 0.697.